The molecule has 0 spiro atoms. The zero-order valence-corrected chi connectivity index (χ0v) is 16.0. The first-order valence-corrected chi connectivity index (χ1v) is 9.78. The highest BCUT2D eigenvalue weighted by Gasteiger charge is 2.17. The summed E-state index contributed by atoms with van der Waals surface area (Å²) in [5.41, 5.74) is 1.35. The van der Waals surface area contributed by atoms with Crippen LogP contribution in [0, 0.1) is 13.8 Å². The normalized spacial score (nSPS) is 11.4. The van der Waals surface area contributed by atoms with Crippen molar-refractivity contribution in [2.75, 3.05) is 30.3 Å². The summed E-state index contributed by atoms with van der Waals surface area (Å²) in [4.78, 5) is 8.77. The molecule has 3 N–H and O–H groups in total. The van der Waals surface area contributed by atoms with E-state index in [0.717, 1.165) is 18.1 Å². The molecule has 136 valence electrons. The van der Waals surface area contributed by atoms with Crippen LogP contribution in [0.3, 0.4) is 0 Å². The molecule has 0 bridgehead atoms. The Bertz CT molecular complexity index is 842. The molecule has 0 atom stereocenters. The fraction of sp³-hybridized carbons (Fsp3) is 0.375. The number of nitrogens with one attached hydrogen (secondary N) is 3. The van der Waals surface area contributed by atoms with Crippen molar-refractivity contribution in [1.29, 1.82) is 0 Å². The second-order valence-electron chi connectivity index (χ2n) is 5.44. The van der Waals surface area contributed by atoms with Crippen molar-refractivity contribution in [3.63, 3.8) is 0 Å². The van der Waals surface area contributed by atoms with E-state index in [0.29, 0.717) is 23.1 Å². The molecular formula is C16H22ClN5O2S. The van der Waals surface area contributed by atoms with E-state index in [9.17, 15) is 8.42 Å². The molecule has 0 aliphatic rings. The Morgan fingerprint density at radius 2 is 1.88 bits per heavy atom. The molecule has 0 amide bonds. The zero-order valence-electron chi connectivity index (χ0n) is 14.4. The maximum atomic E-state index is 12.4. The average Bonchev–Trinajstić information content (AvgIpc) is 2.54. The van der Waals surface area contributed by atoms with Crippen molar-refractivity contribution in [3.05, 3.63) is 40.5 Å². The van der Waals surface area contributed by atoms with Gasteiger partial charge in [-0.15, -0.1) is 0 Å². The van der Waals surface area contributed by atoms with E-state index in [1.54, 1.807) is 19.1 Å². The van der Waals surface area contributed by atoms with Crippen LogP contribution in [0.5, 0.6) is 0 Å². The Kier molecular flexibility index (Phi) is 6.57. The second-order valence-corrected chi connectivity index (χ2v) is 7.58. The van der Waals surface area contributed by atoms with Gasteiger partial charge in [0.2, 0.25) is 16.0 Å². The molecule has 0 saturated heterocycles. The minimum atomic E-state index is -3.62. The minimum absolute atomic E-state index is 0.182. The van der Waals surface area contributed by atoms with Crippen molar-refractivity contribution < 1.29 is 8.42 Å². The molecule has 0 unspecified atom stereocenters. The lowest BCUT2D eigenvalue weighted by Gasteiger charge is -2.11. The minimum Gasteiger partial charge on any atom is -0.370 e. The van der Waals surface area contributed by atoms with Crippen molar-refractivity contribution in [3.8, 4) is 0 Å². The molecule has 2 aromatic rings. The number of anilines is 2. The number of benzene rings is 1. The van der Waals surface area contributed by atoms with Crippen LogP contribution >= 0.6 is 11.6 Å². The lowest BCUT2D eigenvalue weighted by molar-refractivity contribution is 0.582. The van der Waals surface area contributed by atoms with E-state index in [4.69, 9.17) is 11.6 Å². The molecule has 1 heterocycles. The number of nitrogens with zero attached hydrogens (tertiary/aromatic N) is 2. The highest BCUT2D eigenvalue weighted by Crippen LogP contribution is 2.22. The molecule has 7 nitrogen and oxygen atoms in total. The zero-order chi connectivity index (χ0) is 18.4. The van der Waals surface area contributed by atoms with Gasteiger partial charge in [0.05, 0.1) is 4.90 Å². The SMILES string of the molecule is CCNc1cc(C)nc(NCCNS(=O)(=O)c2cccc(Cl)c2C)n1. The first-order valence-electron chi connectivity index (χ1n) is 7.91. The van der Waals surface area contributed by atoms with Gasteiger partial charge in [-0.25, -0.2) is 18.1 Å². The molecule has 0 saturated carbocycles. The summed E-state index contributed by atoms with van der Waals surface area (Å²) >= 11 is 5.99. The summed E-state index contributed by atoms with van der Waals surface area (Å²) in [5.74, 6) is 1.18. The van der Waals surface area contributed by atoms with Crippen LogP contribution in [0.2, 0.25) is 5.02 Å². The topological polar surface area (TPSA) is 96.0 Å². The number of sulfonamides is 1. The monoisotopic (exact) mass is 383 g/mol. The highest BCUT2D eigenvalue weighted by atomic mass is 35.5. The second kappa shape index (κ2) is 8.46. The van der Waals surface area contributed by atoms with Gasteiger partial charge in [0.25, 0.3) is 0 Å². The summed E-state index contributed by atoms with van der Waals surface area (Å²) in [6.45, 7) is 6.85. The summed E-state index contributed by atoms with van der Waals surface area (Å²) in [6.07, 6.45) is 0. The number of rotatable bonds is 8. The quantitative estimate of drug-likeness (QED) is 0.606. The van der Waals surface area contributed by atoms with Crippen LogP contribution in [-0.2, 0) is 10.0 Å². The molecule has 9 heteroatoms. The number of hydrogen-bond donors (Lipinski definition) is 3. The fourth-order valence-electron chi connectivity index (χ4n) is 2.24. The molecular weight excluding hydrogens is 362 g/mol. The maximum Gasteiger partial charge on any atom is 0.240 e. The highest BCUT2D eigenvalue weighted by molar-refractivity contribution is 7.89. The Labute approximate surface area is 153 Å². The molecule has 25 heavy (non-hydrogen) atoms. The molecule has 0 radical (unpaired) electrons. The van der Waals surface area contributed by atoms with E-state index in [-0.39, 0.29) is 11.4 Å². The van der Waals surface area contributed by atoms with Gasteiger partial charge in [-0.2, -0.15) is 4.98 Å². The molecule has 1 aromatic carbocycles. The third kappa shape index (κ3) is 5.29. The lowest BCUT2D eigenvalue weighted by Crippen LogP contribution is -2.29. The lowest BCUT2D eigenvalue weighted by atomic mass is 10.2. The van der Waals surface area contributed by atoms with Crippen molar-refractivity contribution in [1.82, 2.24) is 14.7 Å². The van der Waals surface area contributed by atoms with Gasteiger partial charge in [-0.3, -0.25) is 0 Å². The molecule has 0 fully saturated rings. The van der Waals surface area contributed by atoms with Crippen molar-refractivity contribution in [2.24, 2.45) is 0 Å². The number of aryl methyl sites for hydroxylation is 1. The number of hydrogen-bond acceptors (Lipinski definition) is 6. The summed E-state index contributed by atoms with van der Waals surface area (Å²) in [5, 5.41) is 6.56. The Balaban J connectivity index is 1.96. The van der Waals surface area contributed by atoms with Gasteiger partial charge in [0, 0.05) is 36.4 Å². The molecule has 0 aliphatic carbocycles. The maximum absolute atomic E-state index is 12.4. The third-order valence-corrected chi connectivity index (χ3v) is 5.43. The van der Waals surface area contributed by atoms with Gasteiger partial charge in [-0.05, 0) is 38.5 Å². The van der Waals surface area contributed by atoms with Crippen LogP contribution in [0.4, 0.5) is 11.8 Å². The van der Waals surface area contributed by atoms with Gasteiger partial charge >= 0.3 is 0 Å². The fourth-order valence-corrected chi connectivity index (χ4v) is 3.76. The van der Waals surface area contributed by atoms with E-state index in [1.165, 1.54) is 6.07 Å². The van der Waals surface area contributed by atoms with E-state index < -0.39 is 10.0 Å². The number of halogens is 1. The summed E-state index contributed by atoms with van der Waals surface area (Å²) < 4.78 is 27.3. The molecule has 0 aliphatic heterocycles. The van der Waals surface area contributed by atoms with Crippen molar-refractivity contribution >= 4 is 33.4 Å². The van der Waals surface area contributed by atoms with E-state index >= 15 is 0 Å². The number of aromatic nitrogens is 2. The largest absolute Gasteiger partial charge is 0.370 e. The van der Waals surface area contributed by atoms with Crippen LogP contribution in [0.1, 0.15) is 18.2 Å². The third-order valence-electron chi connectivity index (χ3n) is 3.42. The first-order chi connectivity index (χ1) is 11.8. The summed E-state index contributed by atoms with van der Waals surface area (Å²) in [6, 6.07) is 6.65. The van der Waals surface area contributed by atoms with Crippen LogP contribution in [0.25, 0.3) is 0 Å². The van der Waals surface area contributed by atoms with E-state index in [1.807, 2.05) is 19.9 Å². The Hall–Kier alpha value is -1.90. The predicted octanol–water partition coefficient (Wildman–Crippen LogP) is 2.57. The predicted molar refractivity (Wildman–Crippen MR) is 101 cm³/mol. The molecule has 1 aromatic heterocycles. The first kappa shape index (κ1) is 19.4. The Morgan fingerprint density at radius 1 is 1.12 bits per heavy atom. The van der Waals surface area contributed by atoms with Gasteiger partial charge < -0.3 is 10.6 Å². The standard InChI is InChI=1S/C16H22ClN5O2S/c1-4-18-15-10-11(2)21-16(22-15)19-8-9-20-25(23,24)14-7-5-6-13(17)12(14)3/h5-7,10,20H,4,8-9H2,1-3H3,(H2,18,19,21,22). The summed E-state index contributed by atoms with van der Waals surface area (Å²) in [7, 11) is -3.62. The average molecular weight is 384 g/mol. The van der Waals surface area contributed by atoms with Crippen LogP contribution in [0.15, 0.2) is 29.2 Å². The Morgan fingerprint density at radius 3 is 2.60 bits per heavy atom. The molecule has 2 rings (SSSR count). The van der Waals surface area contributed by atoms with Gasteiger partial charge in [-0.1, -0.05) is 17.7 Å². The van der Waals surface area contributed by atoms with Crippen molar-refractivity contribution in [2.45, 2.75) is 25.7 Å². The van der Waals surface area contributed by atoms with E-state index in [2.05, 4.69) is 25.3 Å². The van der Waals surface area contributed by atoms with Crippen LogP contribution in [-0.4, -0.2) is 38.0 Å². The van der Waals surface area contributed by atoms with Crippen LogP contribution < -0.4 is 15.4 Å². The van der Waals surface area contributed by atoms with Gasteiger partial charge in [0.1, 0.15) is 5.82 Å². The van der Waals surface area contributed by atoms with Gasteiger partial charge in [0.15, 0.2) is 0 Å². The smallest absolute Gasteiger partial charge is 0.240 e.